The summed E-state index contributed by atoms with van der Waals surface area (Å²) in [5.74, 6) is 1.48. The van der Waals surface area contributed by atoms with Gasteiger partial charge in [0.15, 0.2) is 0 Å². The van der Waals surface area contributed by atoms with Gasteiger partial charge in [-0.25, -0.2) is 19.6 Å². The van der Waals surface area contributed by atoms with Crippen LogP contribution in [-0.4, -0.2) is 64.0 Å². The highest BCUT2D eigenvalue weighted by Crippen LogP contribution is 2.36. The zero-order valence-corrected chi connectivity index (χ0v) is 23.9. The molecule has 10 heteroatoms. The standard InChI is InChI=1S/C31H36N6O4/c1-31(2,3)41-30(38)36-12-7-21(8-13-36)11-16-40-26-6-5-23(17-25(26)33-4)28-24-9-14-37(19-22-10-15-39-20-22)29(24)35-27(18-32)34-28/h5-6,9,14,17,21-22H,7-8,10-13,15-16,19-20H2,1-3H3. The van der Waals surface area contributed by atoms with E-state index in [9.17, 15) is 10.1 Å². The van der Waals surface area contributed by atoms with Crippen LogP contribution < -0.4 is 4.74 Å². The number of ether oxygens (including phenoxy) is 3. The Kier molecular flexibility index (Phi) is 8.41. The maximum atomic E-state index is 12.3. The molecular formula is C31H36N6O4. The molecule has 1 atom stereocenters. The summed E-state index contributed by atoms with van der Waals surface area (Å²) in [5, 5.41) is 10.5. The number of fused-ring (bicyclic) bond motifs is 1. The number of aromatic nitrogens is 3. The number of rotatable bonds is 7. The molecule has 2 saturated heterocycles. The fourth-order valence-corrected chi connectivity index (χ4v) is 5.43. The second kappa shape index (κ2) is 12.2. The number of benzene rings is 1. The highest BCUT2D eigenvalue weighted by atomic mass is 16.6. The molecule has 0 bridgehead atoms. The number of nitrogens with zero attached hydrogens (tertiary/aromatic N) is 6. The topological polar surface area (TPSA) is 107 Å². The molecule has 3 aromatic rings. The van der Waals surface area contributed by atoms with Crippen molar-refractivity contribution < 1.29 is 19.0 Å². The highest BCUT2D eigenvalue weighted by Gasteiger charge is 2.27. The van der Waals surface area contributed by atoms with Crippen LogP contribution in [0.1, 0.15) is 52.3 Å². The van der Waals surface area contributed by atoms with Gasteiger partial charge in [-0.2, -0.15) is 5.26 Å². The number of hydrogen-bond acceptors (Lipinski definition) is 7. The second-order valence-electron chi connectivity index (χ2n) is 11.8. The monoisotopic (exact) mass is 556 g/mol. The van der Waals surface area contributed by atoms with Gasteiger partial charge >= 0.3 is 6.09 Å². The van der Waals surface area contributed by atoms with Gasteiger partial charge in [-0.1, -0.05) is 6.07 Å². The quantitative estimate of drug-likeness (QED) is 0.330. The fourth-order valence-electron chi connectivity index (χ4n) is 5.43. The summed E-state index contributed by atoms with van der Waals surface area (Å²) in [6.07, 6.45) is 5.37. The van der Waals surface area contributed by atoms with Crippen molar-refractivity contribution in [3.05, 3.63) is 47.7 Å². The Labute approximate surface area is 240 Å². The van der Waals surface area contributed by atoms with E-state index in [2.05, 4.69) is 25.4 Å². The maximum Gasteiger partial charge on any atom is 0.410 e. The van der Waals surface area contributed by atoms with Crippen molar-refractivity contribution in [1.29, 1.82) is 5.26 Å². The summed E-state index contributed by atoms with van der Waals surface area (Å²) < 4.78 is 19.1. The zero-order chi connectivity index (χ0) is 29.0. The molecule has 214 valence electrons. The molecule has 5 rings (SSSR count). The van der Waals surface area contributed by atoms with E-state index in [1.165, 1.54) is 0 Å². The van der Waals surface area contributed by atoms with Crippen molar-refractivity contribution in [2.45, 2.75) is 58.6 Å². The number of likely N-dealkylation sites (tertiary alicyclic amines) is 1. The maximum absolute atomic E-state index is 12.3. The molecule has 0 radical (unpaired) electrons. The third kappa shape index (κ3) is 6.78. The summed E-state index contributed by atoms with van der Waals surface area (Å²) in [6, 6.07) is 9.51. The van der Waals surface area contributed by atoms with E-state index >= 15 is 0 Å². The van der Waals surface area contributed by atoms with Gasteiger partial charge < -0.3 is 23.7 Å². The minimum Gasteiger partial charge on any atom is -0.505 e. The highest BCUT2D eigenvalue weighted by molar-refractivity contribution is 5.92. The fraction of sp³-hybridized carbons (Fsp3) is 0.516. The van der Waals surface area contributed by atoms with Gasteiger partial charge in [0.25, 0.3) is 0 Å². The average molecular weight is 557 g/mol. The summed E-state index contributed by atoms with van der Waals surface area (Å²) in [4.78, 5) is 26.8. The first-order chi connectivity index (χ1) is 19.7. The van der Waals surface area contributed by atoms with Gasteiger partial charge in [0.05, 0.1) is 25.5 Å². The van der Waals surface area contributed by atoms with E-state index in [4.69, 9.17) is 20.8 Å². The van der Waals surface area contributed by atoms with E-state index in [1.807, 2.05) is 39.1 Å². The van der Waals surface area contributed by atoms with Crippen LogP contribution in [0.15, 0.2) is 30.5 Å². The number of carbonyl (C=O) groups excluding carboxylic acids is 1. The molecule has 2 fully saturated rings. The van der Waals surface area contributed by atoms with Crippen LogP contribution in [0.3, 0.4) is 0 Å². The Morgan fingerprint density at radius 1 is 1.20 bits per heavy atom. The Hall–Kier alpha value is -4.15. The van der Waals surface area contributed by atoms with Gasteiger partial charge in [-0.3, -0.25) is 0 Å². The summed E-state index contributed by atoms with van der Waals surface area (Å²) >= 11 is 0. The molecule has 41 heavy (non-hydrogen) atoms. The normalized spacial score (nSPS) is 17.8. The summed E-state index contributed by atoms with van der Waals surface area (Å²) in [5.41, 5.74) is 1.98. The molecule has 2 aliphatic heterocycles. The molecule has 1 unspecified atom stereocenters. The third-order valence-corrected chi connectivity index (χ3v) is 7.60. The van der Waals surface area contributed by atoms with Gasteiger partial charge in [-0.15, -0.1) is 0 Å². The Bertz CT molecular complexity index is 1480. The van der Waals surface area contributed by atoms with Gasteiger partial charge in [0, 0.05) is 43.7 Å². The minimum atomic E-state index is -0.495. The van der Waals surface area contributed by atoms with Crippen LogP contribution >= 0.6 is 0 Å². The molecule has 4 heterocycles. The lowest BCUT2D eigenvalue weighted by Crippen LogP contribution is -2.41. The van der Waals surface area contributed by atoms with Gasteiger partial charge in [-0.05, 0) is 76.1 Å². The van der Waals surface area contributed by atoms with E-state index in [0.29, 0.717) is 54.3 Å². The Balaban J connectivity index is 1.24. The Morgan fingerprint density at radius 2 is 2.00 bits per heavy atom. The number of carbonyl (C=O) groups is 1. The van der Waals surface area contributed by atoms with Crippen molar-refractivity contribution in [3.8, 4) is 23.1 Å². The van der Waals surface area contributed by atoms with Crippen molar-refractivity contribution in [1.82, 2.24) is 19.4 Å². The predicted octanol–water partition coefficient (Wildman–Crippen LogP) is 5.97. The van der Waals surface area contributed by atoms with Crippen LogP contribution in [0.4, 0.5) is 10.5 Å². The molecule has 10 nitrogen and oxygen atoms in total. The molecule has 0 aliphatic carbocycles. The number of piperidine rings is 1. The van der Waals surface area contributed by atoms with Crippen LogP contribution in [0, 0.1) is 29.7 Å². The lowest BCUT2D eigenvalue weighted by Gasteiger charge is -2.33. The van der Waals surface area contributed by atoms with E-state index in [-0.39, 0.29) is 11.9 Å². The first-order valence-corrected chi connectivity index (χ1v) is 14.2. The van der Waals surface area contributed by atoms with E-state index in [1.54, 1.807) is 17.0 Å². The first kappa shape index (κ1) is 28.4. The summed E-state index contributed by atoms with van der Waals surface area (Å²) in [7, 11) is 0. The van der Waals surface area contributed by atoms with Gasteiger partial charge in [0.2, 0.25) is 11.5 Å². The van der Waals surface area contributed by atoms with Crippen molar-refractivity contribution in [3.63, 3.8) is 0 Å². The Morgan fingerprint density at radius 3 is 2.68 bits per heavy atom. The van der Waals surface area contributed by atoms with Crippen molar-refractivity contribution in [2.24, 2.45) is 11.8 Å². The molecule has 1 aromatic carbocycles. The van der Waals surface area contributed by atoms with Crippen LogP contribution in [0.5, 0.6) is 5.75 Å². The molecule has 1 amide bonds. The molecule has 0 N–H and O–H groups in total. The smallest absolute Gasteiger partial charge is 0.410 e. The molecule has 2 aliphatic rings. The first-order valence-electron chi connectivity index (χ1n) is 14.2. The SMILES string of the molecule is [C-]#[N+]c1cc(-c2nc(C#N)nc3c2ccn3CC2CCOC2)ccc1OCCC1CCN(C(=O)OC(C)(C)C)CC1. The number of amides is 1. The molecule has 0 saturated carbocycles. The zero-order valence-electron chi connectivity index (χ0n) is 23.9. The average Bonchev–Trinajstić information content (AvgIpc) is 3.62. The van der Waals surface area contributed by atoms with Crippen LogP contribution in [0.25, 0.3) is 27.1 Å². The minimum absolute atomic E-state index is 0.0949. The van der Waals surface area contributed by atoms with Crippen molar-refractivity contribution >= 4 is 22.8 Å². The van der Waals surface area contributed by atoms with Crippen LogP contribution in [0.2, 0.25) is 0 Å². The van der Waals surface area contributed by atoms with E-state index in [0.717, 1.165) is 56.4 Å². The largest absolute Gasteiger partial charge is 0.505 e. The van der Waals surface area contributed by atoms with Crippen LogP contribution in [-0.2, 0) is 16.0 Å². The number of hydrogen-bond donors (Lipinski definition) is 0. The molecule has 0 spiro atoms. The number of nitriles is 1. The van der Waals surface area contributed by atoms with E-state index < -0.39 is 5.60 Å². The lowest BCUT2D eigenvalue weighted by atomic mass is 9.94. The van der Waals surface area contributed by atoms with Gasteiger partial charge in [0.1, 0.15) is 23.1 Å². The molecular weight excluding hydrogens is 520 g/mol. The van der Waals surface area contributed by atoms with Crippen molar-refractivity contribution in [2.75, 3.05) is 32.9 Å². The molecule has 2 aromatic heterocycles. The predicted molar refractivity (Wildman–Crippen MR) is 154 cm³/mol. The second-order valence-corrected chi connectivity index (χ2v) is 11.8. The summed E-state index contributed by atoms with van der Waals surface area (Å²) in [6.45, 7) is 17.5. The third-order valence-electron chi connectivity index (χ3n) is 7.60. The lowest BCUT2D eigenvalue weighted by molar-refractivity contribution is 0.0177.